The lowest BCUT2D eigenvalue weighted by atomic mass is 10.0. The summed E-state index contributed by atoms with van der Waals surface area (Å²) in [4.78, 5) is 4.11. The van der Waals surface area contributed by atoms with Crippen LogP contribution in [0.5, 0.6) is 5.88 Å². The maximum Gasteiger partial charge on any atom is 0.221 e. The number of hydrogen-bond acceptors (Lipinski definition) is 3. The van der Waals surface area contributed by atoms with Crippen LogP contribution in [0.15, 0.2) is 24.4 Å². The number of aromatic nitrogens is 1. The minimum absolute atomic E-state index is 0.162. The van der Waals surface area contributed by atoms with E-state index in [4.69, 9.17) is 39.5 Å². The summed E-state index contributed by atoms with van der Waals surface area (Å²) < 4.78 is 5.21. The molecule has 2 rings (SSSR count). The van der Waals surface area contributed by atoms with Crippen molar-refractivity contribution in [2.24, 2.45) is 0 Å². The molecule has 1 aromatic heterocycles. The quantitative estimate of drug-likeness (QED) is 0.862. The second-order valence-electron chi connectivity index (χ2n) is 3.74. The van der Waals surface area contributed by atoms with E-state index in [9.17, 15) is 5.11 Å². The summed E-state index contributed by atoms with van der Waals surface area (Å²) in [5, 5.41) is 10.4. The Labute approximate surface area is 125 Å². The van der Waals surface area contributed by atoms with E-state index in [0.29, 0.717) is 32.6 Å². The zero-order valence-electron chi connectivity index (χ0n) is 9.95. The zero-order valence-corrected chi connectivity index (χ0v) is 12.2. The zero-order chi connectivity index (χ0) is 14.0. The molecule has 1 heterocycles. The van der Waals surface area contributed by atoms with Crippen molar-refractivity contribution in [2.75, 3.05) is 7.11 Å². The number of halogens is 3. The molecule has 0 radical (unpaired) electrons. The second-order valence-corrected chi connectivity index (χ2v) is 4.90. The largest absolute Gasteiger partial charge is 0.481 e. The average Bonchev–Trinajstić information content (AvgIpc) is 2.44. The first-order chi connectivity index (χ1) is 9.10. The molecular weight excluding hydrogens is 309 g/mol. The van der Waals surface area contributed by atoms with Gasteiger partial charge >= 0.3 is 0 Å². The van der Waals surface area contributed by atoms with E-state index in [0.717, 1.165) is 0 Å². The number of nitrogens with zero attached hydrogens (tertiary/aromatic N) is 1. The molecule has 0 aliphatic carbocycles. The molecule has 0 aliphatic rings. The number of rotatable bonds is 3. The Hall–Kier alpha value is -1.000. The molecule has 0 atom stereocenters. The van der Waals surface area contributed by atoms with E-state index in [-0.39, 0.29) is 11.6 Å². The highest BCUT2D eigenvalue weighted by Crippen LogP contribution is 2.42. The fourth-order valence-electron chi connectivity index (χ4n) is 1.77. The molecule has 0 bridgehead atoms. The number of aliphatic hydroxyl groups is 1. The van der Waals surface area contributed by atoms with Gasteiger partial charge in [-0.1, -0.05) is 40.9 Å². The minimum Gasteiger partial charge on any atom is -0.481 e. The average molecular weight is 319 g/mol. The van der Waals surface area contributed by atoms with E-state index in [2.05, 4.69) is 4.98 Å². The van der Waals surface area contributed by atoms with Gasteiger partial charge in [0.2, 0.25) is 5.88 Å². The monoisotopic (exact) mass is 317 g/mol. The number of benzene rings is 1. The van der Waals surface area contributed by atoms with Gasteiger partial charge in [-0.2, -0.15) is 0 Å². The number of methoxy groups -OCH3 is 1. The summed E-state index contributed by atoms with van der Waals surface area (Å²) in [7, 11) is 1.50. The molecule has 0 spiro atoms. The van der Waals surface area contributed by atoms with Gasteiger partial charge in [-0.15, -0.1) is 0 Å². The number of ether oxygens (including phenoxy) is 1. The Balaban J connectivity index is 2.74. The summed E-state index contributed by atoms with van der Waals surface area (Å²) in [5.74, 6) is 0.367. The standard InChI is InChI=1S/C13H10Cl3NO2/c1-19-13-10(7(6-18)4-5-17-13)8-2-3-9(14)12(16)11(8)15/h2-5,18H,6H2,1H3. The van der Waals surface area contributed by atoms with Crippen molar-refractivity contribution in [3.63, 3.8) is 0 Å². The van der Waals surface area contributed by atoms with Gasteiger partial charge in [0.15, 0.2) is 0 Å². The highest BCUT2D eigenvalue weighted by molar-refractivity contribution is 6.49. The normalized spacial score (nSPS) is 10.6. The van der Waals surface area contributed by atoms with Gasteiger partial charge in [0.1, 0.15) is 0 Å². The lowest BCUT2D eigenvalue weighted by Gasteiger charge is -2.14. The van der Waals surface area contributed by atoms with E-state index >= 15 is 0 Å². The molecule has 0 saturated heterocycles. The fraction of sp³-hybridized carbons (Fsp3) is 0.154. The fourth-order valence-corrected chi connectivity index (χ4v) is 2.40. The lowest BCUT2D eigenvalue weighted by molar-refractivity contribution is 0.281. The predicted octanol–water partition coefficient (Wildman–Crippen LogP) is 4.21. The Morgan fingerprint density at radius 3 is 2.53 bits per heavy atom. The molecule has 6 heteroatoms. The van der Waals surface area contributed by atoms with Crippen LogP contribution >= 0.6 is 34.8 Å². The van der Waals surface area contributed by atoms with Crippen LogP contribution in [0, 0.1) is 0 Å². The maximum atomic E-state index is 9.43. The molecule has 0 unspecified atom stereocenters. The Morgan fingerprint density at radius 2 is 1.89 bits per heavy atom. The summed E-state index contributed by atoms with van der Waals surface area (Å²) in [6, 6.07) is 5.05. The highest BCUT2D eigenvalue weighted by Gasteiger charge is 2.18. The third kappa shape index (κ3) is 2.65. The van der Waals surface area contributed by atoms with Crippen molar-refractivity contribution in [1.82, 2.24) is 4.98 Å². The third-order valence-corrected chi connectivity index (χ3v) is 3.96. The molecule has 0 saturated carbocycles. The van der Waals surface area contributed by atoms with Crippen molar-refractivity contribution in [3.05, 3.63) is 45.0 Å². The predicted molar refractivity (Wildman–Crippen MR) is 77.2 cm³/mol. The van der Waals surface area contributed by atoms with Crippen molar-refractivity contribution in [1.29, 1.82) is 0 Å². The van der Waals surface area contributed by atoms with Crippen LogP contribution in [-0.4, -0.2) is 17.2 Å². The van der Waals surface area contributed by atoms with E-state index in [1.165, 1.54) is 7.11 Å². The molecule has 1 aromatic carbocycles. The van der Waals surface area contributed by atoms with Gasteiger partial charge in [-0.3, -0.25) is 0 Å². The Bertz CT molecular complexity index is 595. The topological polar surface area (TPSA) is 42.4 Å². The molecule has 2 aromatic rings. The van der Waals surface area contributed by atoms with E-state index < -0.39 is 0 Å². The summed E-state index contributed by atoms with van der Waals surface area (Å²) in [5.41, 5.74) is 1.87. The molecule has 19 heavy (non-hydrogen) atoms. The Kier molecular flexibility index (Phi) is 4.53. The van der Waals surface area contributed by atoms with Crippen LogP contribution in [0.1, 0.15) is 5.56 Å². The van der Waals surface area contributed by atoms with Gasteiger partial charge < -0.3 is 9.84 Å². The second kappa shape index (κ2) is 5.97. The van der Waals surface area contributed by atoms with E-state index in [1.807, 2.05) is 0 Å². The van der Waals surface area contributed by atoms with Gasteiger partial charge in [-0.25, -0.2) is 4.98 Å². The van der Waals surface area contributed by atoms with E-state index in [1.54, 1.807) is 24.4 Å². The first kappa shape index (κ1) is 14.4. The molecule has 0 amide bonds. The Morgan fingerprint density at radius 1 is 1.16 bits per heavy atom. The maximum absolute atomic E-state index is 9.43. The van der Waals surface area contributed by atoms with Crippen LogP contribution in [0.3, 0.4) is 0 Å². The number of aliphatic hydroxyl groups excluding tert-OH is 1. The van der Waals surface area contributed by atoms with Gasteiger partial charge in [0.25, 0.3) is 0 Å². The summed E-state index contributed by atoms with van der Waals surface area (Å²) >= 11 is 18.2. The highest BCUT2D eigenvalue weighted by atomic mass is 35.5. The molecule has 100 valence electrons. The summed E-state index contributed by atoms with van der Waals surface area (Å²) in [6.45, 7) is -0.162. The van der Waals surface area contributed by atoms with Crippen LogP contribution in [0.25, 0.3) is 11.1 Å². The first-order valence-corrected chi connectivity index (χ1v) is 6.50. The van der Waals surface area contributed by atoms with Crippen molar-refractivity contribution in [3.8, 4) is 17.0 Å². The van der Waals surface area contributed by atoms with Gasteiger partial charge in [0.05, 0.1) is 34.3 Å². The third-order valence-electron chi connectivity index (χ3n) is 2.67. The molecule has 3 nitrogen and oxygen atoms in total. The molecular formula is C13H10Cl3NO2. The van der Waals surface area contributed by atoms with Crippen molar-refractivity contribution >= 4 is 34.8 Å². The number of pyridine rings is 1. The van der Waals surface area contributed by atoms with Crippen LogP contribution in [0.2, 0.25) is 15.1 Å². The van der Waals surface area contributed by atoms with Crippen LogP contribution in [-0.2, 0) is 6.61 Å². The first-order valence-electron chi connectivity index (χ1n) is 5.36. The number of hydrogen-bond donors (Lipinski definition) is 1. The van der Waals surface area contributed by atoms with Crippen molar-refractivity contribution < 1.29 is 9.84 Å². The van der Waals surface area contributed by atoms with Crippen LogP contribution in [0.4, 0.5) is 0 Å². The molecule has 0 aliphatic heterocycles. The minimum atomic E-state index is -0.162. The van der Waals surface area contributed by atoms with Gasteiger partial charge in [0, 0.05) is 11.8 Å². The van der Waals surface area contributed by atoms with Crippen molar-refractivity contribution in [2.45, 2.75) is 6.61 Å². The molecule has 0 fully saturated rings. The SMILES string of the molecule is COc1nccc(CO)c1-c1ccc(Cl)c(Cl)c1Cl. The smallest absolute Gasteiger partial charge is 0.221 e. The lowest BCUT2D eigenvalue weighted by Crippen LogP contribution is -1.97. The van der Waals surface area contributed by atoms with Gasteiger partial charge in [-0.05, 0) is 17.7 Å². The van der Waals surface area contributed by atoms with Crippen LogP contribution < -0.4 is 4.74 Å². The molecule has 1 N–H and O–H groups in total. The summed E-state index contributed by atoms with van der Waals surface area (Å²) in [6.07, 6.45) is 1.55.